The third kappa shape index (κ3) is 1.39. The van der Waals surface area contributed by atoms with Crippen molar-refractivity contribution >= 4 is 10.1 Å². The first kappa shape index (κ1) is 11.9. The molecule has 0 aromatic heterocycles. The lowest BCUT2D eigenvalue weighted by Crippen LogP contribution is -2.45. The van der Waals surface area contributed by atoms with Gasteiger partial charge in [0.2, 0.25) is 0 Å². The summed E-state index contributed by atoms with van der Waals surface area (Å²) in [5, 5.41) is -0.424. The van der Waals surface area contributed by atoms with E-state index < -0.39 is 15.4 Å². The Labute approximate surface area is 103 Å². The zero-order valence-electron chi connectivity index (χ0n) is 10.7. The van der Waals surface area contributed by atoms with Gasteiger partial charge in [-0.2, -0.15) is 8.42 Å². The Morgan fingerprint density at radius 3 is 2.00 bits per heavy atom. The highest BCUT2D eigenvalue weighted by atomic mass is 32.2. The lowest BCUT2D eigenvalue weighted by Gasteiger charge is -2.33. The molecule has 3 rings (SSSR count). The number of ether oxygens (including phenoxy) is 1. The van der Waals surface area contributed by atoms with Crippen LogP contribution in [0.3, 0.4) is 0 Å². The van der Waals surface area contributed by atoms with Gasteiger partial charge in [-0.25, -0.2) is 0 Å². The van der Waals surface area contributed by atoms with Crippen LogP contribution in [0.2, 0.25) is 0 Å². The molecule has 98 valence electrons. The maximum Gasteiger partial charge on any atom is 0.273 e. The monoisotopic (exact) mass is 260 g/mol. The van der Waals surface area contributed by atoms with E-state index in [1.165, 1.54) is 0 Å². The van der Waals surface area contributed by atoms with Crippen LogP contribution in [0.5, 0.6) is 0 Å². The van der Waals surface area contributed by atoms with Crippen molar-refractivity contribution in [2.75, 3.05) is 0 Å². The molecule has 3 fully saturated rings. The zero-order valence-corrected chi connectivity index (χ0v) is 11.5. The van der Waals surface area contributed by atoms with Crippen molar-refractivity contribution in [1.29, 1.82) is 0 Å². The van der Waals surface area contributed by atoms with Crippen molar-refractivity contribution in [2.24, 2.45) is 23.7 Å². The van der Waals surface area contributed by atoms with Crippen LogP contribution < -0.4 is 0 Å². The number of fused-ring (bicyclic) bond motifs is 1. The Morgan fingerprint density at radius 2 is 1.47 bits per heavy atom. The summed E-state index contributed by atoms with van der Waals surface area (Å²) in [7, 11) is -3.42. The Kier molecular flexibility index (Phi) is 2.42. The van der Waals surface area contributed by atoms with Gasteiger partial charge in [0.25, 0.3) is 10.1 Å². The first-order valence-electron chi connectivity index (χ1n) is 6.42. The van der Waals surface area contributed by atoms with Gasteiger partial charge in [0, 0.05) is 11.8 Å². The highest BCUT2D eigenvalue weighted by Gasteiger charge is 2.70. The average Bonchev–Trinajstić information content (AvgIpc) is 2.73. The zero-order chi connectivity index (χ0) is 12.5. The summed E-state index contributed by atoms with van der Waals surface area (Å²) in [5.41, 5.74) is 0. The van der Waals surface area contributed by atoms with Crippen LogP contribution in [-0.4, -0.2) is 32.0 Å². The van der Waals surface area contributed by atoms with Gasteiger partial charge in [0.15, 0.2) is 0 Å². The van der Waals surface area contributed by atoms with Gasteiger partial charge in [-0.3, -0.25) is 4.18 Å². The summed E-state index contributed by atoms with van der Waals surface area (Å²) >= 11 is 0. The molecule has 0 spiro atoms. The lowest BCUT2D eigenvalue weighted by atomic mass is 9.70. The molecule has 3 aliphatic rings. The van der Waals surface area contributed by atoms with Gasteiger partial charge >= 0.3 is 0 Å². The minimum Gasteiger partial charge on any atom is -0.370 e. The predicted molar refractivity (Wildman–Crippen MR) is 62.9 cm³/mol. The summed E-state index contributed by atoms with van der Waals surface area (Å²) in [4.78, 5) is 0. The molecule has 6 atom stereocenters. The second kappa shape index (κ2) is 3.45. The molecule has 0 N–H and O–H groups in total. The van der Waals surface area contributed by atoms with Crippen molar-refractivity contribution in [3.05, 3.63) is 0 Å². The van der Waals surface area contributed by atoms with Crippen LogP contribution >= 0.6 is 0 Å². The molecular weight excluding hydrogens is 240 g/mol. The second-order valence-electron chi connectivity index (χ2n) is 6.23. The number of hydrogen-bond acceptors (Lipinski definition) is 4. The molecule has 0 amide bonds. The normalized spacial score (nSPS) is 50.7. The first-order chi connectivity index (χ1) is 7.84. The van der Waals surface area contributed by atoms with Crippen molar-refractivity contribution in [1.82, 2.24) is 0 Å². The molecular formula is C12H20O4S. The number of hydrogen-bond donors (Lipinski definition) is 0. The molecule has 0 radical (unpaired) electrons. The van der Waals surface area contributed by atoms with Crippen molar-refractivity contribution in [3.63, 3.8) is 0 Å². The van der Waals surface area contributed by atoms with Gasteiger partial charge in [-0.1, -0.05) is 27.7 Å². The van der Waals surface area contributed by atoms with Crippen LogP contribution in [0, 0.1) is 23.7 Å². The second-order valence-corrected chi connectivity index (χ2v) is 7.95. The third-order valence-corrected chi connectivity index (χ3v) is 6.34. The molecule has 5 heteroatoms. The van der Waals surface area contributed by atoms with E-state index in [2.05, 4.69) is 27.7 Å². The van der Waals surface area contributed by atoms with Gasteiger partial charge < -0.3 is 4.74 Å². The Hall–Kier alpha value is -0.130. The molecule has 0 aliphatic carbocycles. The third-order valence-electron chi connectivity index (χ3n) is 4.60. The molecule has 3 aliphatic heterocycles. The van der Waals surface area contributed by atoms with Crippen LogP contribution in [-0.2, 0) is 19.0 Å². The van der Waals surface area contributed by atoms with E-state index in [0.29, 0.717) is 11.8 Å². The van der Waals surface area contributed by atoms with Gasteiger partial charge in [-0.15, -0.1) is 0 Å². The standard InChI is InChI=1S/C12H20O4S/c1-5(2)7-9-8(6(3)4)12-11(15-9)10(7)16-17(12,13)14/h5-12H,1-4H3. The fourth-order valence-corrected chi connectivity index (χ4v) is 6.06. The van der Waals surface area contributed by atoms with Crippen LogP contribution in [0.15, 0.2) is 0 Å². The van der Waals surface area contributed by atoms with E-state index in [1.807, 2.05) is 0 Å². The van der Waals surface area contributed by atoms with Gasteiger partial charge in [0.05, 0.1) is 6.10 Å². The SMILES string of the molecule is CC(C)C1C2OS(=O)(=O)C3C2OC1C3C(C)C. The molecule has 6 unspecified atom stereocenters. The Morgan fingerprint density at radius 1 is 0.882 bits per heavy atom. The van der Waals surface area contributed by atoms with Crippen molar-refractivity contribution in [3.8, 4) is 0 Å². The van der Waals surface area contributed by atoms with Crippen molar-refractivity contribution in [2.45, 2.75) is 51.3 Å². The van der Waals surface area contributed by atoms with Crippen LogP contribution in [0.25, 0.3) is 0 Å². The molecule has 17 heavy (non-hydrogen) atoms. The van der Waals surface area contributed by atoms with Crippen molar-refractivity contribution < 1.29 is 17.3 Å². The highest BCUT2D eigenvalue weighted by Crippen LogP contribution is 2.56. The minimum absolute atomic E-state index is 0.0623. The molecule has 0 aromatic rings. The molecule has 3 saturated heterocycles. The molecule has 4 nitrogen and oxygen atoms in total. The van der Waals surface area contributed by atoms with E-state index >= 15 is 0 Å². The quantitative estimate of drug-likeness (QED) is 0.704. The summed E-state index contributed by atoms with van der Waals surface area (Å²) in [6.45, 7) is 8.40. The summed E-state index contributed by atoms with van der Waals surface area (Å²) < 4.78 is 35.4. The van der Waals surface area contributed by atoms with E-state index in [0.717, 1.165) is 0 Å². The maximum atomic E-state index is 12.1. The van der Waals surface area contributed by atoms with Crippen LogP contribution in [0.4, 0.5) is 0 Å². The smallest absolute Gasteiger partial charge is 0.273 e. The Balaban J connectivity index is 2.06. The van der Waals surface area contributed by atoms with E-state index in [9.17, 15) is 8.42 Å². The highest BCUT2D eigenvalue weighted by molar-refractivity contribution is 7.87. The predicted octanol–water partition coefficient (Wildman–Crippen LogP) is 1.41. The molecule has 2 bridgehead atoms. The first-order valence-corrected chi connectivity index (χ1v) is 7.89. The minimum atomic E-state index is -3.42. The average molecular weight is 260 g/mol. The molecule has 0 saturated carbocycles. The fourth-order valence-electron chi connectivity index (χ4n) is 3.99. The summed E-state index contributed by atoms with van der Waals surface area (Å²) in [6.07, 6.45) is -0.387. The molecule has 0 aromatic carbocycles. The largest absolute Gasteiger partial charge is 0.370 e. The Bertz CT molecular complexity index is 428. The van der Waals surface area contributed by atoms with E-state index in [1.54, 1.807) is 0 Å². The molecule has 3 heterocycles. The summed E-state index contributed by atoms with van der Waals surface area (Å²) in [6, 6.07) is 0. The van der Waals surface area contributed by atoms with Crippen LogP contribution in [0.1, 0.15) is 27.7 Å². The van der Waals surface area contributed by atoms with Gasteiger partial charge in [-0.05, 0) is 11.8 Å². The topological polar surface area (TPSA) is 52.6 Å². The fraction of sp³-hybridized carbons (Fsp3) is 1.00. The maximum absolute atomic E-state index is 12.1. The van der Waals surface area contributed by atoms with E-state index in [-0.39, 0.29) is 30.1 Å². The lowest BCUT2D eigenvalue weighted by molar-refractivity contribution is 0.0562. The van der Waals surface area contributed by atoms with Gasteiger partial charge in [0.1, 0.15) is 17.5 Å². The van der Waals surface area contributed by atoms with E-state index in [4.69, 9.17) is 8.92 Å². The number of rotatable bonds is 2. The summed E-state index contributed by atoms with van der Waals surface area (Å²) in [5.74, 6) is 1.02.